The van der Waals surface area contributed by atoms with Gasteiger partial charge in [0, 0.05) is 30.8 Å². The van der Waals surface area contributed by atoms with Crippen LogP contribution in [0.5, 0.6) is 0 Å². The predicted octanol–water partition coefficient (Wildman–Crippen LogP) is 8.73. The summed E-state index contributed by atoms with van der Waals surface area (Å²) in [5.74, 6) is -2.46. The zero-order valence-electron chi connectivity index (χ0n) is 22.9. The Bertz CT molecular complexity index is 1320. The molecule has 0 saturated carbocycles. The number of carbonyl (C=O) groups is 1. The number of anilines is 1. The first-order valence-electron chi connectivity index (χ1n) is 13.7. The van der Waals surface area contributed by atoms with Gasteiger partial charge in [-0.3, -0.25) is 4.79 Å². The van der Waals surface area contributed by atoms with Crippen molar-refractivity contribution >= 4 is 11.7 Å². The Kier molecular flexibility index (Phi) is 9.16. The molecule has 0 amide bonds. The lowest BCUT2D eigenvalue weighted by atomic mass is 9.83. The molecule has 4 rings (SSSR count). The van der Waals surface area contributed by atoms with Crippen molar-refractivity contribution in [2.24, 2.45) is 5.92 Å². The lowest BCUT2D eigenvalue weighted by Crippen LogP contribution is -2.34. The molecule has 0 aliphatic carbocycles. The number of nitrogens with zero attached hydrogens (tertiary/aromatic N) is 1. The first kappa shape index (κ1) is 29.6. The summed E-state index contributed by atoms with van der Waals surface area (Å²) in [6.07, 6.45) is -2.23. The number of esters is 1. The van der Waals surface area contributed by atoms with Gasteiger partial charge in [-0.15, -0.1) is 0 Å². The fraction of sp³-hybridized carbons (Fsp3) is 0.406. The molecule has 3 aromatic carbocycles. The maximum absolute atomic E-state index is 14.0. The predicted molar refractivity (Wildman–Crippen MR) is 146 cm³/mol. The number of rotatable bonds is 8. The number of hydrogen-bond acceptors (Lipinski definition) is 3. The van der Waals surface area contributed by atoms with E-state index in [1.165, 1.54) is 18.2 Å². The largest absolute Gasteiger partial charge is 0.466 e. The maximum atomic E-state index is 14.0. The number of ether oxygens (including phenoxy) is 1. The standard InChI is InChI=1S/C32H34F5NO2/c1-4-40-31(39)28(14-20(2)3)25-16-23(21-7-9-26(10-8-21)32(35,36)37)15-24(17-25)22-6-5-13-38(19-22)27-11-12-29(33)30(34)18-27/h7-12,15-18,20,22,28H,4-6,13-14,19H2,1-3H3. The normalized spacial score (nSPS) is 16.7. The summed E-state index contributed by atoms with van der Waals surface area (Å²) in [6, 6.07) is 14.7. The molecule has 1 aliphatic heterocycles. The van der Waals surface area contributed by atoms with Crippen molar-refractivity contribution in [3.05, 3.63) is 89.0 Å². The van der Waals surface area contributed by atoms with Gasteiger partial charge in [-0.05, 0) is 78.6 Å². The minimum Gasteiger partial charge on any atom is -0.466 e. The van der Waals surface area contributed by atoms with E-state index in [2.05, 4.69) is 0 Å². The van der Waals surface area contributed by atoms with E-state index in [-0.39, 0.29) is 24.4 Å². The van der Waals surface area contributed by atoms with Crippen LogP contribution in [0.15, 0.2) is 60.7 Å². The second-order valence-corrected chi connectivity index (χ2v) is 10.8. The summed E-state index contributed by atoms with van der Waals surface area (Å²) in [5.41, 5.74) is 2.88. The van der Waals surface area contributed by atoms with E-state index in [9.17, 15) is 26.7 Å². The molecular weight excluding hydrogens is 525 g/mol. The molecule has 0 radical (unpaired) electrons. The lowest BCUT2D eigenvalue weighted by molar-refractivity contribution is -0.145. The van der Waals surface area contributed by atoms with Crippen molar-refractivity contribution in [1.82, 2.24) is 0 Å². The van der Waals surface area contributed by atoms with Gasteiger partial charge in [0.2, 0.25) is 0 Å². The second kappa shape index (κ2) is 12.4. The maximum Gasteiger partial charge on any atom is 0.416 e. The summed E-state index contributed by atoms with van der Waals surface area (Å²) in [6.45, 7) is 7.27. The minimum absolute atomic E-state index is 0.0110. The number of piperidine rings is 1. The SMILES string of the molecule is CCOC(=O)C(CC(C)C)c1cc(-c2ccc(C(F)(F)F)cc2)cc(C2CCCN(c3ccc(F)c(F)c3)C2)c1. The van der Waals surface area contributed by atoms with Crippen molar-refractivity contribution in [1.29, 1.82) is 0 Å². The lowest BCUT2D eigenvalue weighted by Gasteiger charge is -2.35. The molecule has 0 aromatic heterocycles. The smallest absolute Gasteiger partial charge is 0.416 e. The second-order valence-electron chi connectivity index (χ2n) is 10.8. The molecule has 40 heavy (non-hydrogen) atoms. The Morgan fingerprint density at radius 2 is 1.70 bits per heavy atom. The van der Waals surface area contributed by atoms with Crippen LogP contribution in [0.1, 0.15) is 68.6 Å². The quantitative estimate of drug-likeness (QED) is 0.204. The first-order valence-corrected chi connectivity index (χ1v) is 13.7. The van der Waals surface area contributed by atoms with E-state index in [1.54, 1.807) is 13.0 Å². The van der Waals surface area contributed by atoms with E-state index in [1.807, 2.05) is 36.9 Å². The number of benzene rings is 3. The molecule has 1 heterocycles. The van der Waals surface area contributed by atoms with Gasteiger partial charge in [0.05, 0.1) is 18.1 Å². The molecule has 1 aliphatic rings. The minimum atomic E-state index is -4.44. The third kappa shape index (κ3) is 7.01. The van der Waals surface area contributed by atoms with Crippen LogP contribution in [0.25, 0.3) is 11.1 Å². The van der Waals surface area contributed by atoms with Crippen LogP contribution in [0.2, 0.25) is 0 Å². The van der Waals surface area contributed by atoms with Crippen molar-refractivity contribution in [2.45, 2.75) is 58.0 Å². The van der Waals surface area contributed by atoms with Gasteiger partial charge in [-0.1, -0.05) is 44.2 Å². The highest BCUT2D eigenvalue weighted by Crippen LogP contribution is 2.38. The van der Waals surface area contributed by atoms with Crippen LogP contribution in [0.4, 0.5) is 27.6 Å². The summed E-state index contributed by atoms with van der Waals surface area (Å²) >= 11 is 0. The van der Waals surface area contributed by atoms with E-state index in [0.717, 1.165) is 42.2 Å². The van der Waals surface area contributed by atoms with E-state index in [0.29, 0.717) is 36.3 Å². The fourth-order valence-corrected chi connectivity index (χ4v) is 5.38. The summed E-state index contributed by atoms with van der Waals surface area (Å²) in [7, 11) is 0. The Morgan fingerprint density at radius 3 is 2.33 bits per heavy atom. The van der Waals surface area contributed by atoms with Crippen LogP contribution >= 0.6 is 0 Å². The topological polar surface area (TPSA) is 29.5 Å². The highest BCUT2D eigenvalue weighted by Gasteiger charge is 2.31. The number of alkyl halides is 3. The van der Waals surface area contributed by atoms with Gasteiger partial charge in [0.25, 0.3) is 0 Å². The zero-order chi connectivity index (χ0) is 29.0. The molecule has 0 spiro atoms. The van der Waals surface area contributed by atoms with Gasteiger partial charge in [-0.2, -0.15) is 13.2 Å². The third-order valence-electron chi connectivity index (χ3n) is 7.36. The summed E-state index contributed by atoms with van der Waals surface area (Å²) in [5, 5.41) is 0. The van der Waals surface area contributed by atoms with E-state index in [4.69, 9.17) is 4.74 Å². The van der Waals surface area contributed by atoms with Crippen LogP contribution < -0.4 is 4.90 Å². The molecule has 2 atom stereocenters. The number of carbonyl (C=O) groups excluding carboxylic acids is 1. The van der Waals surface area contributed by atoms with Gasteiger partial charge in [0.15, 0.2) is 11.6 Å². The van der Waals surface area contributed by atoms with Crippen molar-refractivity contribution in [3.63, 3.8) is 0 Å². The number of halogens is 5. The van der Waals surface area contributed by atoms with Crippen molar-refractivity contribution in [3.8, 4) is 11.1 Å². The molecule has 1 fully saturated rings. The third-order valence-corrected chi connectivity index (χ3v) is 7.36. The molecule has 0 N–H and O–H groups in total. The van der Waals surface area contributed by atoms with Gasteiger partial charge in [0.1, 0.15) is 0 Å². The van der Waals surface area contributed by atoms with E-state index < -0.39 is 29.3 Å². The highest BCUT2D eigenvalue weighted by molar-refractivity contribution is 5.79. The van der Waals surface area contributed by atoms with Crippen LogP contribution in [-0.2, 0) is 15.7 Å². The monoisotopic (exact) mass is 559 g/mol. The Labute approximate surface area is 232 Å². The molecule has 2 unspecified atom stereocenters. The summed E-state index contributed by atoms with van der Waals surface area (Å²) < 4.78 is 72.5. The first-order chi connectivity index (χ1) is 19.0. The van der Waals surface area contributed by atoms with Gasteiger partial charge < -0.3 is 9.64 Å². The molecular formula is C32H34F5NO2. The van der Waals surface area contributed by atoms with Crippen LogP contribution in [-0.4, -0.2) is 25.7 Å². The molecule has 8 heteroatoms. The molecule has 214 valence electrons. The van der Waals surface area contributed by atoms with Crippen molar-refractivity contribution in [2.75, 3.05) is 24.6 Å². The van der Waals surface area contributed by atoms with Crippen LogP contribution in [0, 0.1) is 17.6 Å². The molecule has 1 saturated heterocycles. The Morgan fingerprint density at radius 1 is 0.975 bits per heavy atom. The molecule has 3 aromatic rings. The van der Waals surface area contributed by atoms with Gasteiger partial charge >= 0.3 is 12.1 Å². The summed E-state index contributed by atoms with van der Waals surface area (Å²) in [4.78, 5) is 15.1. The fourth-order valence-electron chi connectivity index (χ4n) is 5.38. The highest BCUT2D eigenvalue weighted by atomic mass is 19.4. The number of hydrogen-bond donors (Lipinski definition) is 0. The zero-order valence-corrected chi connectivity index (χ0v) is 22.9. The van der Waals surface area contributed by atoms with Crippen molar-refractivity contribution < 1.29 is 31.5 Å². The molecule has 3 nitrogen and oxygen atoms in total. The Balaban J connectivity index is 1.76. The Hall–Kier alpha value is -3.42. The average Bonchev–Trinajstić information content (AvgIpc) is 2.92. The molecule has 0 bridgehead atoms. The van der Waals surface area contributed by atoms with Gasteiger partial charge in [-0.25, -0.2) is 8.78 Å². The average molecular weight is 560 g/mol. The van der Waals surface area contributed by atoms with Crippen LogP contribution in [0.3, 0.4) is 0 Å². The van der Waals surface area contributed by atoms with E-state index >= 15 is 0 Å².